The molecule has 1 atom stereocenters. The first-order valence-corrected chi connectivity index (χ1v) is 9.98. The molecule has 5 rings (SSSR count). The van der Waals surface area contributed by atoms with Crippen LogP contribution in [0.3, 0.4) is 0 Å². The fourth-order valence-electron chi connectivity index (χ4n) is 3.05. The molecule has 2 N–H and O–H groups in total. The van der Waals surface area contributed by atoms with Crippen LogP contribution in [0, 0.1) is 5.92 Å². The van der Waals surface area contributed by atoms with E-state index >= 15 is 0 Å². The van der Waals surface area contributed by atoms with E-state index in [1.54, 1.807) is 23.0 Å². The molecule has 0 spiro atoms. The smallest absolute Gasteiger partial charge is 0.280 e. The van der Waals surface area contributed by atoms with Crippen molar-refractivity contribution in [1.82, 2.24) is 24.7 Å². The third-order valence-electron chi connectivity index (χ3n) is 4.76. The van der Waals surface area contributed by atoms with Gasteiger partial charge in [0.2, 0.25) is 5.91 Å². The summed E-state index contributed by atoms with van der Waals surface area (Å²) in [6.45, 7) is 1.22. The van der Waals surface area contributed by atoms with Crippen LogP contribution >= 0.6 is 11.3 Å². The lowest BCUT2D eigenvalue weighted by molar-refractivity contribution is -0.117. The lowest BCUT2D eigenvalue weighted by atomic mass is 10.2. The van der Waals surface area contributed by atoms with Gasteiger partial charge >= 0.3 is 0 Å². The molecule has 1 aliphatic heterocycles. The van der Waals surface area contributed by atoms with E-state index in [-0.39, 0.29) is 23.8 Å². The summed E-state index contributed by atoms with van der Waals surface area (Å²) < 4.78 is 7.08. The topological polar surface area (TPSA) is 111 Å². The number of aromatic nitrogens is 4. The fraction of sp³-hybridized carbons (Fsp3) is 0.389. The van der Waals surface area contributed by atoms with Crippen LogP contribution in [0.25, 0.3) is 16.2 Å². The number of fused-ring (bicyclic) bond motifs is 1. The number of carbonyl (C=O) groups is 2. The minimum absolute atomic E-state index is 0.0161. The lowest BCUT2D eigenvalue weighted by Crippen LogP contribution is -2.34. The molecular weight excluding hydrogens is 380 g/mol. The van der Waals surface area contributed by atoms with Crippen LogP contribution in [0.4, 0.5) is 5.82 Å². The third kappa shape index (κ3) is 3.48. The zero-order valence-electron chi connectivity index (χ0n) is 14.9. The monoisotopic (exact) mass is 398 g/mol. The van der Waals surface area contributed by atoms with E-state index in [0.29, 0.717) is 35.4 Å². The first-order chi connectivity index (χ1) is 13.7. The molecule has 1 saturated carbocycles. The molecule has 4 heterocycles. The Balaban J connectivity index is 1.33. The normalized spacial score (nSPS) is 19.1. The van der Waals surface area contributed by atoms with Crippen molar-refractivity contribution in [3.05, 3.63) is 29.8 Å². The van der Waals surface area contributed by atoms with Crippen LogP contribution in [-0.2, 0) is 9.53 Å². The summed E-state index contributed by atoms with van der Waals surface area (Å²) in [5, 5.41) is 6.16. The average molecular weight is 398 g/mol. The number of carbonyl (C=O) groups excluding carboxylic acids is 2. The molecule has 0 bridgehead atoms. The second kappa shape index (κ2) is 6.95. The minimum Gasteiger partial charge on any atom is -0.379 e. The number of imidazole rings is 1. The maximum atomic E-state index is 12.3. The summed E-state index contributed by atoms with van der Waals surface area (Å²) in [7, 11) is 0. The SMILES string of the molecule is O=C(NC1CCOC1)c1ncc(-c2cn3cc(NC(=O)C4CC4)nc3cn2)s1. The molecule has 0 aromatic carbocycles. The highest BCUT2D eigenvalue weighted by Crippen LogP contribution is 2.30. The predicted octanol–water partition coefficient (Wildman–Crippen LogP) is 1.72. The maximum absolute atomic E-state index is 12.3. The molecule has 144 valence electrons. The molecule has 2 fully saturated rings. The number of hydrogen-bond acceptors (Lipinski definition) is 7. The van der Waals surface area contributed by atoms with Crippen molar-refractivity contribution < 1.29 is 14.3 Å². The molecular formula is C18H18N6O3S. The number of amides is 2. The summed E-state index contributed by atoms with van der Waals surface area (Å²) in [5.74, 6) is 0.456. The van der Waals surface area contributed by atoms with Gasteiger partial charge in [0, 0.05) is 24.9 Å². The van der Waals surface area contributed by atoms with Crippen LogP contribution in [0.1, 0.15) is 29.1 Å². The summed E-state index contributed by atoms with van der Waals surface area (Å²) in [5.41, 5.74) is 1.32. The first kappa shape index (κ1) is 17.3. The summed E-state index contributed by atoms with van der Waals surface area (Å²) in [4.78, 5) is 38.0. The van der Waals surface area contributed by atoms with Crippen LogP contribution in [0.15, 0.2) is 24.8 Å². The number of nitrogens with one attached hydrogen (secondary N) is 2. The Kier molecular flexibility index (Phi) is 4.29. The van der Waals surface area contributed by atoms with Crippen molar-refractivity contribution in [2.75, 3.05) is 18.5 Å². The molecule has 1 saturated heterocycles. The Morgan fingerprint density at radius 2 is 2.07 bits per heavy atom. The van der Waals surface area contributed by atoms with Crippen LogP contribution in [0.2, 0.25) is 0 Å². The number of hydrogen-bond donors (Lipinski definition) is 2. The van der Waals surface area contributed by atoms with Gasteiger partial charge in [-0.3, -0.25) is 9.59 Å². The second-order valence-electron chi connectivity index (χ2n) is 6.99. The van der Waals surface area contributed by atoms with Gasteiger partial charge in [-0.15, -0.1) is 11.3 Å². The number of thiazole rings is 1. The Bertz CT molecular complexity index is 1050. The van der Waals surface area contributed by atoms with Gasteiger partial charge in [0.05, 0.1) is 35.6 Å². The quantitative estimate of drug-likeness (QED) is 0.677. The molecule has 1 aliphatic carbocycles. The largest absolute Gasteiger partial charge is 0.379 e. The fourth-order valence-corrected chi connectivity index (χ4v) is 3.83. The van der Waals surface area contributed by atoms with Crippen molar-refractivity contribution in [3.63, 3.8) is 0 Å². The Morgan fingerprint density at radius 1 is 1.18 bits per heavy atom. The van der Waals surface area contributed by atoms with Crippen molar-refractivity contribution in [3.8, 4) is 10.6 Å². The summed E-state index contributed by atoms with van der Waals surface area (Å²) in [6.07, 6.45) is 9.57. The van der Waals surface area contributed by atoms with E-state index in [1.165, 1.54) is 11.3 Å². The van der Waals surface area contributed by atoms with E-state index in [0.717, 1.165) is 24.1 Å². The lowest BCUT2D eigenvalue weighted by Gasteiger charge is -2.08. The molecule has 3 aromatic heterocycles. The molecule has 0 radical (unpaired) electrons. The van der Waals surface area contributed by atoms with Crippen molar-refractivity contribution in [2.24, 2.45) is 5.92 Å². The Morgan fingerprint density at radius 3 is 2.86 bits per heavy atom. The van der Waals surface area contributed by atoms with Crippen molar-refractivity contribution in [2.45, 2.75) is 25.3 Å². The predicted molar refractivity (Wildman–Crippen MR) is 102 cm³/mol. The molecule has 28 heavy (non-hydrogen) atoms. The number of nitrogens with zero attached hydrogens (tertiary/aromatic N) is 4. The molecule has 2 aliphatic rings. The minimum atomic E-state index is -0.194. The summed E-state index contributed by atoms with van der Waals surface area (Å²) in [6, 6.07) is 0.0459. The number of anilines is 1. The van der Waals surface area contributed by atoms with Crippen molar-refractivity contribution >= 4 is 34.6 Å². The molecule has 10 heteroatoms. The van der Waals surface area contributed by atoms with Crippen LogP contribution < -0.4 is 10.6 Å². The molecule has 1 unspecified atom stereocenters. The van der Waals surface area contributed by atoms with Crippen LogP contribution in [-0.4, -0.2) is 50.4 Å². The maximum Gasteiger partial charge on any atom is 0.280 e. The second-order valence-corrected chi connectivity index (χ2v) is 8.02. The van der Waals surface area contributed by atoms with E-state index in [4.69, 9.17) is 4.74 Å². The number of ether oxygens (including phenoxy) is 1. The van der Waals surface area contributed by atoms with Gasteiger partial charge < -0.3 is 19.8 Å². The van der Waals surface area contributed by atoms with E-state index in [9.17, 15) is 9.59 Å². The Hall–Kier alpha value is -2.85. The highest BCUT2D eigenvalue weighted by molar-refractivity contribution is 7.16. The highest BCUT2D eigenvalue weighted by Gasteiger charge is 2.30. The van der Waals surface area contributed by atoms with E-state index in [2.05, 4.69) is 25.6 Å². The van der Waals surface area contributed by atoms with Crippen molar-refractivity contribution in [1.29, 1.82) is 0 Å². The zero-order chi connectivity index (χ0) is 19.1. The zero-order valence-corrected chi connectivity index (χ0v) is 15.7. The van der Waals surface area contributed by atoms with Gasteiger partial charge in [-0.2, -0.15) is 0 Å². The van der Waals surface area contributed by atoms with Gasteiger partial charge in [0.25, 0.3) is 5.91 Å². The number of rotatable bonds is 5. The molecule has 9 nitrogen and oxygen atoms in total. The van der Waals surface area contributed by atoms with E-state index in [1.807, 2.05) is 6.20 Å². The summed E-state index contributed by atoms with van der Waals surface area (Å²) >= 11 is 1.29. The van der Waals surface area contributed by atoms with Gasteiger partial charge in [-0.25, -0.2) is 15.0 Å². The van der Waals surface area contributed by atoms with Gasteiger partial charge in [0.1, 0.15) is 0 Å². The van der Waals surface area contributed by atoms with E-state index < -0.39 is 0 Å². The van der Waals surface area contributed by atoms with Crippen LogP contribution in [0.5, 0.6) is 0 Å². The Labute approximate surface area is 164 Å². The van der Waals surface area contributed by atoms with Gasteiger partial charge in [0.15, 0.2) is 16.5 Å². The average Bonchev–Trinajstić information content (AvgIpc) is 3.08. The van der Waals surface area contributed by atoms with Gasteiger partial charge in [-0.05, 0) is 19.3 Å². The molecule has 3 aromatic rings. The third-order valence-corrected chi connectivity index (χ3v) is 5.78. The standard InChI is InChI=1S/C18H18N6O3S/c25-16(10-1-2-10)23-14-8-24-7-12(19-6-15(24)22-14)13-5-20-18(28-13)17(26)21-11-3-4-27-9-11/h5-8,10-11H,1-4,9H2,(H,21,26)(H,23,25). The first-order valence-electron chi connectivity index (χ1n) is 9.16. The van der Waals surface area contributed by atoms with Gasteiger partial charge in [-0.1, -0.05) is 0 Å². The highest BCUT2D eigenvalue weighted by atomic mass is 32.1. The molecule has 2 amide bonds.